The highest BCUT2D eigenvalue weighted by atomic mass is 32.2. The van der Waals surface area contributed by atoms with E-state index < -0.39 is 28.1 Å². The Labute approximate surface area is 220 Å². The Morgan fingerprint density at radius 1 is 0.974 bits per heavy atom. The van der Waals surface area contributed by atoms with Crippen molar-refractivity contribution < 1.29 is 27.2 Å². The lowest BCUT2D eigenvalue weighted by Crippen LogP contribution is -2.39. The predicted octanol–water partition coefficient (Wildman–Crippen LogP) is 5.62. The molecule has 0 radical (unpaired) electrons. The zero-order valence-electron chi connectivity index (χ0n) is 20.7. The van der Waals surface area contributed by atoms with Crippen LogP contribution in [0.2, 0.25) is 0 Å². The minimum Gasteiger partial charge on any atom is -0.406 e. The van der Waals surface area contributed by atoms with Gasteiger partial charge in [-0.25, -0.2) is 13.3 Å². The van der Waals surface area contributed by atoms with Gasteiger partial charge in [-0.15, -0.1) is 13.2 Å². The summed E-state index contributed by atoms with van der Waals surface area (Å²) < 4.78 is 62.9. The normalized spacial score (nSPS) is 17.5. The largest absolute Gasteiger partial charge is 0.573 e. The molecule has 2 N–H and O–H groups in total. The highest BCUT2D eigenvalue weighted by Crippen LogP contribution is 2.36. The second kappa shape index (κ2) is 11.0. The Hall–Kier alpha value is -3.08. The van der Waals surface area contributed by atoms with Crippen molar-refractivity contribution in [3.05, 3.63) is 83.9 Å². The quantitative estimate of drug-likeness (QED) is 0.366. The summed E-state index contributed by atoms with van der Waals surface area (Å²) in [5.74, 6) is -0.0378. The number of hydrogen-bond donors (Lipinski definition) is 2. The van der Waals surface area contributed by atoms with E-state index in [4.69, 9.17) is 0 Å². The molecule has 5 rings (SSSR count). The number of benzene rings is 3. The molecular formula is C28H30F3N3O3S. The number of halogens is 3. The molecule has 1 aliphatic heterocycles. The van der Waals surface area contributed by atoms with Crippen LogP contribution in [0, 0.1) is 5.92 Å². The summed E-state index contributed by atoms with van der Waals surface area (Å²) in [6.07, 6.45) is -1.92. The molecule has 1 heterocycles. The van der Waals surface area contributed by atoms with Crippen LogP contribution in [0.4, 0.5) is 24.5 Å². The first-order valence-electron chi connectivity index (χ1n) is 12.6. The Bertz CT molecular complexity index is 1340. The van der Waals surface area contributed by atoms with Crippen LogP contribution in [-0.4, -0.2) is 41.4 Å². The number of aliphatic hydroxyl groups is 1. The molecule has 3 aromatic rings. The fraction of sp³-hybridized carbons (Fsp3) is 0.357. The van der Waals surface area contributed by atoms with Crippen LogP contribution in [-0.2, 0) is 22.8 Å². The van der Waals surface area contributed by atoms with E-state index in [1.54, 1.807) is 0 Å². The molecule has 0 saturated heterocycles. The van der Waals surface area contributed by atoms with Crippen LogP contribution in [0.3, 0.4) is 0 Å². The van der Waals surface area contributed by atoms with E-state index in [0.717, 1.165) is 49.2 Å². The van der Waals surface area contributed by atoms with Gasteiger partial charge >= 0.3 is 6.36 Å². The molecule has 202 valence electrons. The van der Waals surface area contributed by atoms with Crippen molar-refractivity contribution in [3.8, 4) is 5.75 Å². The number of alkyl halides is 3. The molecule has 1 saturated carbocycles. The summed E-state index contributed by atoms with van der Waals surface area (Å²) in [7, 11) is -3.19. The monoisotopic (exact) mass is 545 g/mol. The number of aryl methyl sites for hydroxylation is 2. The van der Waals surface area contributed by atoms with E-state index in [1.807, 2.05) is 36.4 Å². The molecule has 0 aromatic heterocycles. The van der Waals surface area contributed by atoms with Crippen molar-refractivity contribution in [1.82, 2.24) is 4.72 Å². The van der Waals surface area contributed by atoms with Gasteiger partial charge in [0.2, 0.25) is 0 Å². The number of hydrogen-bond acceptors (Lipinski definition) is 5. The van der Waals surface area contributed by atoms with E-state index in [0.29, 0.717) is 12.5 Å². The van der Waals surface area contributed by atoms with Crippen molar-refractivity contribution in [1.29, 1.82) is 0 Å². The van der Waals surface area contributed by atoms with E-state index in [2.05, 4.69) is 30.9 Å². The Morgan fingerprint density at radius 2 is 1.55 bits per heavy atom. The zero-order valence-corrected chi connectivity index (χ0v) is 21.5. The van der Waals surface area contributed by atoms with Gasteiger partial charge in [-0.2, -0.15) is 0 Å². The van der Waals surface area contributed by atoms with Gasteiger partial charge in [-0.1, -0.05) is 36.4 Å². The van der Waals surface area contributed by atoms with Gasteiger partial charge in [0.05, 0.1) is 24.1 Å². The predicted molar refractivity (Wildman–Crippen MR) is 141 cm³/mol. The minimum absolute atomic E-state index is 0.0192. The highest BCUT2D eigenvalue weighted by molar-refractivity contribution is 7.91. The van der Waals surface area contributed by atoms with Crippen molar-refractivity contribution in [2.24, 2.45) is 10.3 Å². The number of nitrogens with zero attached hydrogens (tertiary/aromatic N) is 2. The Morgan fingerprint density at radius 3 is 2.11 bits per heavy atom. The number of rotatable bonds is 9. The van der Waals surface area contributed by atoms with Crippen LogP contribution in [0.15, 0.2) is 82.1 Å². The maximum atomic E-state index is 13.9. The number of aliphatic hydroxyl groups excluding tert-OH is 1. The van der Waals surface area contributed by atoms with Crippen molar-refractivity contribution in [2.75, 3.05) is 24.5 Å². The average molecular weight is 546 g/mol. The smallest absolute Gasteiger partial charge is 0.406 e. The fourth-order valence-corrected chi connectivity index (χ4v) is 6.34. The maximum absolute atomic E-state index is 13.9. The van der Waals surface area contributed by atoms with Gasteiger partial charge in [0.15, 0.2) is 0 Å². The van der Waals surface area contributed by atoms with E-state index >= 15 is 0 Å². The molecule has 2 atom stereocenters. The molecule has 0 amide bonds. The second-order valence-corrected chi connectivity index (χ2v) is 11.7. The van der Waals surface area contributed by atoms with Gasteiger partial charge in [-0.05, 0) is 79.1 Å². The summed E-state index contributed by atoms with van der Waals surface area (Å²) >= 11 is 0. The fourth-order valence-electron chi connectivity index (χ4n) is 4.59. The molecule has 1 fully saturated rings. The third-order valence-corrected chi connectivity index (χ3v) is 8.71. The van der Waals surface area contributed by atoms with Gasteiger partial charge in [-0.3, -0.25) is 0 Å². The molecule has 3 aromatic carbocycles. The summed E-state index contributed by atoms with van der Waals surface area (Å²) in [5.41, 5.74) is 4.42. The van der Waals surface area contributed by atoms with Gasteiger partial charge in [0, 0.05) is 17.9 Å². The number of β-amino-alcohol motifs (C(OH)–C–C–N with tert-alkyl or cyclic N) is 1. The third-order valence-electron chi connectivity index (χ3n) is 6.72. The maximum Gasteiger partial charge on any atom is 0.573 e. The van der Waals surface area contributed by atoms with Crippen LogP contribution in [0.25, 0.3) is 0 Å². The zero-order chi connectivity index (χ0) is 26.8. The molecule has 2 aliphatic rings. The topological polar surface area (TPSA) is 74.2 Å². The van der Waals surface area contributed by atoms with Crippen molar-refractivity contribution >= 4 is 21.3 Å². The molecule has 0 bridgehead atoms. The molecule has 38 heavy (non-hydrogen) atoms. The van der Waals surface area contributed by atoms with Gasteiger partial charge < -0.3 is 14.7 Å². The first kappa shape index (κ1) is 26.5. The second-order valence-electron chi connectivity index (χ2n) is 9.67. The lowest BCUT2D eigenvalue weighted by molar-refractivity contribution is -0.274. The number of nitrogens with one attached hydrogen (secondary N) is 1. The molecule has 0 unspecified atom stereocenters. The average Bonchev–Trinajstić information content (AvgIpc) is 3.74. The number of ether oxygens (including phenoxy) is 1. The Kier molecular flexibility index (Phi) is 7.65. The molecule has 1 aliphatic carbocycles. The summed E-state index contributed by atoms with van der Waals surface area (Å²) in [6.45, 7) is 0.627. The van der Waals surface area contributed by atoms with Crippen LogP contribution >= 0.6 is 0 Å². The lowest BCUT2D eigenvalue weighted by atomic mass is 10.0. The number of para-hydroxylation sites is 2. The van der Waals surface area contributed by atoms with E-state index in [-0.39, 0.29) is 18.0 Å². The molecule has 10 heteroatoms. The standard InChI is InChI=1S/C28H30F3N3O3S/c29-28(30,31)37-24-13-15-25(16-14-24)38(36,32-17-20-9-10-20)33-18-23(35)19-34-26-7-3-1-5-21(26)11-12-22-6-2-4-8-27(22)34/h1-8,13-16,20,23,35H,9-12,17-19H2,(H,32,33,36)/t23-,38+/m1/s1. The first-order valence-corrected chi connectivity index (χ1v) is 14.2. The molecule has 6 nitrogen and oxygen atoms in total. The van der Waals surface area contributed by atoms with Gasteiger partial charge in [0.1, 0.15) is 15.7 Å². The van der Waals surface area contributed by atoms with Crippen LogP contribution in [0.5, 0.6) is 5.75 Å². The lowest BCUT2D eigenvalue weighted by Gasteiger charge is -2.29. The first-order chi connectivity index (χ1) is 18.2. The minimum atomic E-state index is -4.81. The molecular weight excluding hydrogens is 515 g/mol. The van der Waals surface area contributed by atoms with Crippen LogP contribution in [0.1, 0.15) is 24.0 Å². The van der Waals surface area contributed by atoms with E-state index in [9.17, 15) is 22.5 Å². The summed E-state index contributed by atoms with van der Waals surface area (Å²) in [6, 6.07) is 21.1. The number of fused-ring (bicyclic) bond motifs is 2. The van der Waals surface area contributed by atoms with Crippen LogP contribution < -0.4 is 14.4 Å². The van der Waals surface area contributed by atoms with Crippen molar-refractivity contribution in [3.63, 3.8) is 0 Å². The third kappa shape index (κ3) is 6.48. The Balaban J connectivity index is 1.35. The van der Waals surface area contributed by atoms with Gasteiger partial charge in [0.25, 0.3) is 0 Å². The summed E-state index contributed by atoms with van der Waals surface area (Å²) in [5, 5.41) is 11.1. The summed E-state index contributed by atoms with van der Waals surface area (Å²) in [4.78, 5) is 2.33. The van der Waals surface area contributed by atoms with E-state index in [1.165, 1.54) is 23.3 Å². The molecule has 0 spiro atoms. The van der Waals surface area contributed by atoms with Crippen molar-refractivity contribution in [2.45, 2.75) is 43.0 Å². The highest BCUT2D eigenvalue weighted by Gasteiger charge is 2.31. The number of anilines is 2. The SMILES string of the molecule is O=[S@@](=NCC1CC1)(NC[C@@H](O)CN1c2ccccc2CCc2ccccc21)c1ccc(OC(F)(F)F)cc1.